The fraction of sp³-hybridized carbons (Fsp3) is 0.200. The van der Waals surface area contributed by atoms with Crippen LogP contribution < -0.4 is 11.1 Å². The van der Waals surface area contributed by atoms with Gasteiger partial charge in [0, 0.05) is 19.3 Å². The number of primary amides is 1. The van der Waals surface area contributed by atoms with Crippen LogP contribution in [0.15, 0.2) is 42.7 Å². The molecule has 4 rings (SSSR count). The van der Waals surface area contributed by atoms with Crippen LogP contribution in [-0.2, 0) is 0 Å². The van der Waals surface area contributed by atoms with E-state index in [-0.39, 0.29) is 11.6 Å². The number of benzene rings is 1. The van der Waals surface area contributed by atoms with E-state index < -0.39 is 5.91 Å². The van der Waals surface area contributed by atoms with Crippen molar-refractivity contribution >= 4 is 46.5 Å². The number of halogens is 2. The van der Waals surface area contributed by atoms with Crippen molar-refractivity contribution in [2.24, 2.45) is 5.73 Å². The Morgan fingerprint density at radius 1 is 1.07 bits per heavy atom. The maximum absolute atomic E-state index is 12.5. The fourth-order valence-corrected chi connectivity index (χ4v) is 3.88. The molecule has 8 nitrogen and oxygen atoms in total. The molecule has 0 spiro atoms. The number of nitrogens with two attached hydrogens (primary N) is 1. The molecule has 2 amide bonds. The number of nitrogens with zero attached hydrogens (tertiary/aromatic N) is 4. The van der Waals surface area contributed by atoms with Gasteiger partial charge in [-0.15, -0.1) is 0 Å². The van der Waals surface area contributed by atoms with Gasteiger partial charge in [-0.2, -0.15) is 5.10 Å². The highest BCUT2D eigenvalue weighted by molar-refractivity contribution is 6.37. The van der Waals surface area contributed by atoms with Crippen molar-refractivity contribution in [2.75, 3.05) is 18.4 Å². The topological polar surface area (TPSA) is 106 Å². The lowest BCUT2D eigenvalue weighted by Crippen LogP contribution is -2.27. The van der Waals surface area contributed by atoms with Gasteiger partial charge in [-0.25, -0.2) is 9.67 Å². The molecule has 3 heterocycles. The van der Waals surface area contributed by atoms with Crippen LogP contribution in [0, 0.1) is 0 Å². The first-order chi connectivity index (χ1) is 14.4. The third-order valence-corrected chi connectivity index (χ3v) is 5.39. The number of para-hydroxylation sites is 1. The molecule has 0 bridgehead atoms. The second-order valence-electron chi connectivity index (χ2n) is 6.83. The van der Waals surface area contributed by atoms with Gasteiger partial charge in [0.2, 0.25) is 0 Å². The molecule has 2 aromatic heterocycles. The minimum atomic E-state index is -0.722. The molecule has 30 heavy (non-hydrogen) atoms. The van der Waals surface area contributed by atoms with Crippen LogP contribution in [0.1, 0.15) is 33.7 Å². The third-order valence-electron chi connectivity index (χ3n) is 4.78. The normalized spacial score (nSPS) is 13.5. The summed E-state index contributed by atoms with van der Waals surface area (Å²) in [5, 5.41) is 7.97. The van der Waals surface area contributed by atoms with Crippen molar-refractivity contribution in [3.63, 3.8) is 0 Å². The number of pyridine rings is 1. The van der Waals surface area contributed by atoms with Gasteiger partial charge in [-0.1, -0.05) is 29.3 Å². The Morgan fingerprint density at radius 2 is 1.77 bits per heavy atom. The SMILES string of the molecule is NC(=O)c1nn(-c2c(Cl)cccc2Cl)cc1Nc1ccc(C(=O)N2CCCC2)cn1. The number of hydrogen-bond donors (Lipinski definition) is 2. The van der Waals surface area contributed by atoms with Crippen molar-refractivity contribution in [1.29, 1.82) is 0 Å². The molecule has 0 radical (unpaired) electrons. The van der Waals surface area contributed by atoms with E-state index in [4.69, 9.17) is 28.9 Å². The van der Waals surface area contributed by atoms with E-state index in [0.717, 1.165) is 25.9 Å². The lowest BCUT2D eigenvalue weighted by atomic mass is 10.2. The third kappa shape index (κ3) is 3.96. The van der Waals surface area contributed by atoms with E-state index in [0.29, 0.717) is 32.8 Å². The largest absolute Gasteiger partial charge is 0.364 e. The van der Waals surface area contributed by atoms with E-state index in [1.807, 2.05) is 4.90 Å². The molecular weight excluding hydrogens is 427 g/mol. The smallest absolute Gasteiger partial charge is 0.271 e. The monoisotopic (exact) mass is 444 g/mol. The van der Waals surface area contributed by atoms with E-state index in [2.05, 4.69) is 15.4 Å². The van der Waals surface area contributed by atoms with Crippen molar-refractivity contribution in [1.82, 2.24) is 19.7 Å². The number of rotatable bonds is 5. The van der Waals surface area contributed by atoms with E-state index in [9.17, 15) is 9.59 Å². The summed E-state index contributed by atoms with van der Waals surface area (Å²) in [5.74, 6) is -0.328. The van der Waals surface area contributed by atoms with Crippen LogP contribution in [0.3, 0.4) is 0 Å². The molecule has 3 aromatic rings. The predicted octanol–water partition coefficient (Wildman–Crippen LogP) is 3.65. The lowest BCUT2D eigenvalue weighted by Gasteiger charge is -2.15. The maximum Gasteiger partial charge on any atom is 0.271 e. The Hall–Kier alpha value is -3.10. The lowest BCUT2D eigenvalue weighted by molar-refractivity contribution is 0.0792. The van der Waals surface area contributed by atoms with Crippen LogP contribution >= 0.6 is 23.2 Å². The highest BCUT2D eigenvalue weighted by atomic mass is 35.5. The second-order valence-corrected chi connectivity index (χ2v) is 7.64. The number of carbonyl (C=O) groups is 2. The van der Waals surface area contributed by atoms with Gasteiger partial charge in [0.1, 0.15) is 11.5 Å². The zero-order valence-corrected chi connectivity index (χ0v) is 17.3. The molecule has 0 unspecified atom stereocenters. The van der Waals surface area contributed by atoms with Crippen LogP contribution in [0.2, 0.25) is 10.0 Å². The van der Waals surface area contributed by atoms with Crippen molar-refractivity contribution in [3.05, 3.63) is 64.0 Å². The van der Waals surface area contributed by atoms with Gasteiger partial charge in [-0.05, 0) is 37.1 Å². The first-order valence-electron chi connectivity index (χ1n) is 9.30. The van der Waals surface area contributed by atoms with Gasteiger partial charge >= 0.3 is 0 Å². The first kappa shape index (κ1) is 20.2. The number of amides is 2. The van der Waals surface area contributed by atoms with Crippen molar-refractivity contribution in [3.8, 4) is 5.69 Å². The summed E-state index contributed by atoms with van der Waals surface area (Å²) in [6.07, 6.45) is 5.10. The average Bonchev–Trinajstić information content (AvgIpc) is 3.38. The van der Waals surface area contributed by atoms with Gasteiger partial charge < -0.3 is 16.0 Å². The minimum Gasteiger partial charge on any atom is -0.364 e. The zero-order chi connectivity index (χ0) is 21.3. The minimum absolute atomic E-state index is 0.00464. The number of hydrogen-bond acceptors (Lipinski definition) is 5. The first-order valence-corrected chi connectivity index (χ1v) is 10.1. The van der Waals surface area contributed by atoms with Crippen molar-refractivity contribution < 1.29 is 9.59 Å². The molecule has 154 valence electrons. The molecule has 0 aliphatic carbocycles. The molecule has 1 fully saturated rings. The summed E-state index contributed by atoms with van der Waals surface area (Å²) in [7, 11) is 0. The maximum atomic E-state index is 12.5. The number of carbonyl (C=O) groups excluding carboxylic acids is 2. The fourth-order valence-electron chi connectivity index (χ4n) is 3.30. The molecule has 0 atom stereocenters. The zero-order valence-electron chi connectivity index (χ0n) is 15.8. The number of anilines is 2. The Labute approximate surface area is 182 Å². The van der Waals surface area contributed by atoms with Gasteiger partial charge in [0.15, 0.2) is 5.69 Å². The second kappa shape index (κ2) is 8.33. The highest BCUT2D eigenvalue weighted by Gasteiger charge is 2.21. The van der Waals surface area contributed by atoms with Crippen LogP contribution in [-0.4, -0.2) is 44.6 Å². The molecule has 0 saturated carbocycles. The Bertz CT molecular complexity index is 1090. The van der Waals surface area contributed by atoms with E-state index >= 15 is 0 Å². The van der Waals surface area contributed by atoms with Crippen LogP contribution in [0.5, 0.6) is 0 Å². The molecule has 1 aliphatic heterocycles. The summed E-state index contributed by atoms with van der Waals surface area (Å²) in [5.41, 5.74) is 6.76. The number of likely N-dealkylation sites (tertiary alicyclic amines) is 1. The van der Waals surface area contributed by atoms with Crippen molar-refractivity contribution in [2.45, 2.75) is 12.8 Å². The summed E-state index contributed by atoms with van der Waals surface area (Å²) in [6.45, 7) is 1.54. The van der Waals surface area contributed by atoms with E-state index in [1.165, 1.54) is 10.9 Å². The Kier molecular flexibility index (Phi) is 5.61. The molecule has 3 N–H and O–H groups in total. The summed E-state index contributed by atoms with van der Waals surface area (Å²) in [4.78, 5) is 30.4. The highest BCUT2D eigenvalue weighted by Crippen LogP contribution is 2.30. The van der Waals surface area contributed by atoms with E-state index in [1.54, 1.807) is 36.5 Å². The summed E-state index contributed by atoms with van der Waals surface area (Å²) in [6, 6.07) is 8.39. The molecule has 1 aliphatic rings. The Balaban J connectivity index is 1.60. The van der Waals surface area contributed by atoms with Gasteiger partial charge in [0.05, 0.1) is 27.5 Å². The van der Waals surface area contributed by atoms with Crippen LogP contribution in [0.4, 0.5) is 11.5 Å². The van der Waals surface area contributed by atoms with Gasteiger partial charge in [0.25, 0.3) is 11.8 Å². The standard InChI is InChI=1S/C20H18Cl2N6O2/c21-13-4-3-5-14(22)18(13)28-11-15(17(26-28)19(23)29)25-16-7-6-12(10-24-16)20(30)27-8-1-2-9-27/h3-7,10-11H,1-2,8-9H2,(H2,23,29)(H,24,25). The molecule has 10 heteroatoms. The van der Waals surface area contributed by atoms with Crippen LogP contribution in [0.25, 0.3) is 5.69 Å². The predicted molar refractivity (Wildman–Crippen MR) is 115 cm³/mol. The number of nitrogens with one attached hydrogen (secondary N) is 1. The van der Waals surface area contributed by atoms with Gasteiger partial charge in [-0.3, -0.25) is 9.59 Å². The molecule has 1 aromatic carbocycles. The summed E-state index contributed by atoms with van der Waals surface area (Å²) < 4.78 is 1.39. The quantitative estimate of drug-likeness (QED) is 0.624. The average molecular weight is 445 g/mol. The summed E-state index contributed by atoms with van der Waals surface area (Å²) >= 11 is 12.5. The number of aromatic nitrogens is 3. The molecular formula is C20H18Cl2N6O2. The molecule has 1 saturated heterocycles. The Morgan fingerprint density at radius 3 is 2.37 bits per heavy atom.